The van der Waals surface area contributed by atoms with E-state index in [9.17, 15) is 0 Å². The maximum absolute atomic E-state index is 3.53. The van der Waals surface area contributed by atoms with E-state index in [0.29, 0.717) is 6.04 Å². The van der Waals surface area contributed by atoms with Crippen LogP contribution in [0, 0.1) is 0 Å². The minimum Gasteiger partial charge on any atom is -0.350 e. The third-order valence-corrected chi connectivity index (χ3v) is 2.76. The van der Waals surface area contributed by atoms with Gasteiger partial charge in [-0.1, -0.05) is 20.3 Å². The molecule has 0 saturated heterocycles. The number of hydrogen-bond donors (Lipinski definition) is 1. The predicted molar refractivity (Wildman–Crippen MR) is 66.0 cm³/mol. The van der Waals surface area contributed by atoms with Crippen molar-refractivity contribution in [3.8, 4) is 0 Å². The van der Waals surface area contributed by atoms with E-state index in [0.717, 1.165) is 13.1 Å². The van der Waals surface area contributed by atoms with Crippen LogP contribution in [0.15, 0.2) is 18.3 Å². The van der Waals surface area contributed by atoms with Gasteiger partial charge in [-0.15, -0.1) is 0 Å². The van der Waals surface area contributed by atoms with Crippen molar-refractivity contribution in [2.24, 2.45) is 0 Å². The van der Waals surface area contributed by atoms with E-state index in [1.165, 1.54) is 25.0 Å². The molecule has 0 saturated carbocycles. The van der Waals surface area contributed by atoms with Crippen LogP contribution >= 0.6 is 0 Å². The Balaban J connectivity index is 2.54. The summed E-state index contributed by atoms with van der Waals surface area (Å²) in [5.74, 6) is 0. The lowest BCUT2D eigenvalue weighted by Gasteiger charge is -2.16. The fraction of sp³-hybridized carbons (Fsp3) is 0.692. The Kier molecular flexibility index (Phi) is 5.48. The van der Waals surface area contributed by atoms with Crippen molar-refractivity contribution in [3.05, 3.63) is 24.0 Å². The van der Waals surface area contributed by atoms with Gasteiger partial charge in [0.15, 0.2) is 0 Å². The van der Waals surface area contributed by atoms with Crippen molar-refractivity contribution in [3.63, 3.8) is 0 Å². The van der Waals surface area contributed by atoms with E-state index in [1.807, 2.05) is 0 Å². The molecule has 0 radical (unpaired) electrons. The molecule has 0 bridgehead atoms. The summed E-state index contributed by atoms with van der Waals surface area (Å²) in [5.41, 5.74) is 1.41. The molecule has 2 nitrogen and oxygen atoms in total. The molecule has 0 fully saturated rings. The van der Waals surface area contributed by atoms with Gasteiger partial charge in [0.25, 0.3) is 0 Å². The van der Waals surface area contributed by atoms with E-state index in [1.54, 1.807) is 0 Å². The first-order chi connectivity index (χ1) is 7.29. The molecule has 1 unspecified atom stereocenters. The van der Waals surface area contributed by atoms with Crippen LogP contribution in [0.2, 0.25) is 0 Å². The fourth-order valence-electron chi connectivity index (χ4n) is 1.82. The molecule has 15 heavy (non-hydrogen) atoms. The quantitative estimate of drug-likeness (QED) is 0.727. The molecule has 0 aliphatic heterocycles. The van der Waals surface area contributed by atoms with Gasteiger partial charge in [0.05, 0.1) is 0 Å². The highest BCUT2D eigenvalue weighted by molar-refractivity contribution is 5.11. The monoisotopic (exact) mass is 208 g/mol. The van der Waals surface area contributed by atoms with Gasteiger partial charge in [-0.05, 0) is 38.4 Å². The Hall–Kier alpha value is -0.760. The van der Waals surface area contributed by atoms with Crippen molar-refractivity contribution < 1.29 is 0 Å². The Labute approximate surface area is 93.7 Å². The number of nitrogens with zero attached hydrogens (tertiary/aromatic N) is 1. The van der Waals surface area contributed by atoms with Crippen LogP contribution < -0.4 is 5.32 Å². The molecule has 1 N–H and O–H groups in total. The van der Waals surface area contributed by atoms with Crippen LogP contribution in [0.1, 0.15) is 51.8 Å². The minimum atomic E-state index is 0.469. The maximum Gasteiger partial charge on any atom is 0.0446 e. The zero-order chi connectivity index (χ0) is 11.1. The molecule has 2 heteroatoms. The Morgan fingerprint density at radius 2 is 2.13 bits per heavy atom. The largest absolute Gasteiger partial charge is 0.350 e. The topological polar surface area (TPSA) is 17.0 Å². The first-order valence-corrected chi connectivity index (χ1v) is 6.18. The van der Waals surface area contributed by atoms with Gasteiger partial charge < -0.3 is 9.88 Å². The Morgan fingerprint density at radius 1 is 1.33 bits per heavy atom. The first-order valence-electron chi connectivity index (χ1n) is 6.18. The molecular weight excluding hydrogens is 184 g/mol. The summed E-state index contributed by atoms with van der Waals surface area (Å²) >= 11 is 0. The lowest BCUT2D eigenvalue weighted by molar-refractivity contribution is 0.514. The molecular formula is C13H24N2. The van der Waals surface area contributed by atoms with Crippen molar-refractivity contribution in [1.29, 1.82) is 0 Å². The van der Waals surface area contributed by atoms with Gasteiger partial charge in [0, 0.05) is 24.5 Å². The zero-order valence-electron chi connectivity index (χ0n) is 10.3. The number of aromatic nitrogens is 1. The number of hydrogen-bond acceptors (Lipinski definition) is 1. The number of unbranched alkanes of at least 4 members (excludes halogenated alkanes) is 1. The summed E-state index contributed by atoms with van der Waals surface area (Å²) < 4.78 is 2.37. The molecule has 0 aliphatic rings. The highest BCUT2D eigenvalue weighted by Crippen LogP contribution is 2.14. The predicted octanol–water partition coefficient (Wildman–Crippen LogP) is 3.35. The third kappa shape index (κ3) is 3.71. The van der Waals surface area contributed by atoms with Crippen molar-refractivity contribution in [1.82, 2.24) is 9.88 Å². The summed E-state index contributed by atoms with van der Waals surface area (Å²) in [4.78, 5) is 0. The van der Waals surface area contributed by atoms with Crippen molar-refractivity contribution in [2.75, 3.05) is 6.54 Å². The third-order valence-electron chi connectivity index (χ3n) is 2.76. The van der Waals surface area contributed by atoms with Crippen LogP contribution in [0.5, 0.6) is 0 Å². The van der Waals surface area contributed by atoms with Crippen LogP contribution in [0.4, 0.5) is 0 Å². The second-order valence-corrected chi connectivity index (χ2v) is 4.16. The highest BCUT2D eigenvalue weighted by Gasteiger charge is 2.08. The lowest BCUT2D eigenvalue weighted by Crippen LogP contribution is -2.21. The molecule has 0 aliphatic carbocycles. The van der Waals surface area contributed by atoms with Gasteiger partial charge in [-0.2, -0.15) is 0 Å². The van der Waals surface area contributed by atoms with Gasteiger partial charge >= 0.3 is 0 Å². The Bertz CT molecular complexity index is 265. The van der Waals surface area contributed by atoms with Crippen molar-refractivity contribution >= 4 is 0 Å². The van der Waals surface area contributed by atoms with Gasteiger partial charge in [-0.25, -0.2) is 0 Å². The molecule has 1 aromatic rings. The van der Waals surface area contributed by atoms with E-state index in [4.69, 9.17) is 0 Å². The molecule has 1 atom stereocenters. The van der Waals surface area contributed by atoms with Gasteiger partial charge in [-0.3, -0.25) is 0 Å². The highest BCUT2D eigenvalue weighted by atomic mass is 15.0. The van der Waals surface area contributed by atoms with E-state index in [2.05, 4.69) is 49.0 Å². The maximum atomic E-state index is 3.53. The molecule has 0 amide bonds. The second kappa shape index (κ2) is 6.67. The number of aryl methyl sites for hydroxylation is 1. The van der Waals surface area contributed by atoms with Crippen LogP contribution in [-0.4, -0.2) is 11.1 Å². The average Bonchev–Trinajstić information content (AvgIpc) is 2.71. The van der Waals surface area contributed by atoms with Crippen molar-refractivity contribution in [2.45, 2.75) is 52.6 Å². The fourth-order valence-corrected chi connectivity index (χ4v) is 1.82. The molecule has 1 heterocycles. The lowest BCUT2D eigenvalue weighted by atomic mass is 10.2. The molecule has 1 aromatic heterocycles. The standard InChI is InChI=1S/C13H24N2/c1-4-6-10-15-11-7-8-13(15)12(3)14-9-5-2/h7-8,11-12,14H,4-6,9-10H2,1-3H3. The van der Waals surface area contributed by atoms with Gasteiger partial charge in [0.2, 0.25) is 0 Å². The van der Waals surface area contributed by atoms with Crippen LogP contribution in [0.25, 0.3) is 0 Å². The summed E-state index contributed by atoms with van der Waals surface area (Å²) in [7, 11) is 0. The zero-order valence-corrected chi connectivity index (χ0v) is 10.3. The number of nitrogens with one attached hydrogen (secondary N) is 1. The van der Waals surface area contributed by atoms with E-state index in [-0.39, 0.29) is 0 Å². The summed E-state index contributed by atoms with van der Waals surface area (Å²) in [6.07, 6.45) is 5.91. The number of rotatable bonds is 7. The normalized spacial score (nSPS) is 13.0. The first kappa shape index (κ1) is 12.3. The summed E-state index contributed by atoms with van der Waals surface area (Å²) in [6.45, 7) is 8.93. The SMILES string of the molecule is CCCCn1cccc1C(C)NCCC. The molecule has 0 aromatic carbocycles. The van der Waals surface area contributed by atoms with E-state index < -0.39 is 0 Å². The Morgan fingerprint density at radius 3 is 2.80 bits per heavy atom. The summed E-state index contributed by atoms with van der Waals surface area (Å²) in [6, 6.07) is 4.84. The summed E-state index contributed by atoms with van der Waals surface area (Å²) in [5, 5.41) is 3.53. The van der Waals surface area contributed by atoms with E-state index >= 15 is 0 Å². The molecule has 0 spiro atoms. The molecule has 86 valence electrons. The smallest absolute Gasteiger partial charge is 0.0446 e. The minimum absolute atomic E-state index is 0.469. The van der Waals surface area contributed by atoms with Crippen LogP contribution in [-0.2, 0) is 6.54 Å². The van der Waals surface area contributed by atoms with Gasteiger partial charge in [0.1, 0.15) is 0 Å². The average molecular weight is 208 g/mol. The second-order valence-electron chi connectivity index (χ2n) is 4.16. The molecule has 1 rings (SSSR count). The van der Waals surface area contributed by atoms with Crippen LogP contribution in [0.3, 0.4) is 0 Å².